The van der Waals surface area contributed by atoms with E-state index in [1.165, 1.54) is 16.2 Å². The molecule has 2 aliphatic carbocycles. The number of rotatable bonds is 5. The third-order valence-electron chi connectivity index (χ3n) is 6.69. The number of hydrogen-bond acceptors (Lipinski definition) is 5. The summed E-state index contributed by atoms with van der Waals surface area (Å²) in [4.78, 5) is 2.82. The van der Waals surface area contributed by atoms with E-state index in [0.29, 0.717) is 12.0 Å². The standard InChI is InChI=1S/C24H26N2OS2/c1-7-8-27-20-12(2)9-15(10-13(20)3)22-25-26-23(29-22)21-16-11-17-19(24(17,5)6)18(16)14(4)28-21/h7,9-10,17,19H,1,8,11H2,2-6H3/t17-,19-/m1/s1. The van der Waals surface area contributed by atoms with Crippen molar-refractivity contribution in [2.45, 2.75) is 47.0 Å². The van der Waals surface area contributed by atoms with Gasteiger partial charge in [0.15, 0.2) is 5.01 Å². The largest absolute Gasteiger partial charge is 0.489 e. The highest BCUT2D eigenvalue weighted by Crippen LogP contribution is 2.72. The number of nitrogens with zero attached hydrogens (tertiary/aromatic N) is 2. The highest BCUT2D eigenvalue weighted by atomic mass is 32.1. The van der Waals surface area contributed by atoms with E-state index in [-0.39, 0.29) is 0 Å². The minimum Gasteiger partial charge on any atom is -0.489 e. The molecule has 2 aliphatic rings. The van der Waals surface area contributed by atoms with Crippen LogP contribution in [0.15, 0.2) is 24.8 Å². The van der Waals surface area contributed by atoms with Crippen molar-refractivity contribution in [3.8, 4) is 26.2 Å². The average molecular weight is 423 g/mol. The predicted octanol–water partition coefficient (Wildman–Crippen LogP) is 6.72. The minimum atomic E-state index is 0.479. The smallest absolute Gasteiger partial charge is 0.158 e. The topological polar surface area (TPSA) is 35.0 Å². The van der Waals surface area contributed by atoms with Crippen molar-refractivity contribution in [2.75, 3.05) is 6.61 Å². The monoisotopic (exact) mass is 422 g/mol. The van der Waals surface area contributed by atoms with Crippen molar-refractivity contribution in [3.63, 3.8) is 0 Å². The second-order valence-electron chi connectivity index (χ2n) is 8.94. The molecule has 1 saturated carbocycles. The van der Waals surface area contributed by atoms with E-state index >= 15 is 0 Å². The molecule has 0 saturated heterocycles. The molecule has 1 fully saturated rings. The van der Waals surface area contributed by atoms with Gasteiger partial charge in [-0.05, 0) is 78.8 Å². The van der Waals surface area contributed by atoms with Gasteiger partial charge in [-0.3, -0.25) is 0 Å². The molecule has 0 unspecified atom stereocenters. The van der Waals surface area contributed by atoms with Gasteiger partial charge in [-0.2, -0.15) is 0 Å². The van der Waals surface area contributed by atoms with Crippen LogP contribution < -0.4 is 4.74 Å². The molecule has 0 aliphatic heterocycles. The van der Waals surface area contributed by atoms with Crippen LogP contribution in [0.1, 0.15) is 46.9 Å². The summed E-state index contributed by atoms with van der Waals surface area (Å²) < 4.78 is 5.82. The summed E-state index contributed by atoms with van der Waals surface area (Å²) >= 11 is 3.61. The maximum atomic E-state index is 5.82. The van der Waals surface area contributed by atoms with Crippen LogP contribution in [-0.4, -0.2) is 16.8 Å². The molecule has 29 heavy (non-hydrogen) atoms. The van der Waals surface area contributed by atoms with Gasteiger partial charge >= 0.3 is 0 Å². The lowest BCUT2D eigenvalue weighted by Crippen LogP contribution is -1.99. The molecule has 3 aromatic rings. The first-order valence-corrected chi connectivity index (χ1v) is 11.8. The Hall–Kier alpha value is -1.98. The molecule has 0 radical (unpaired) electrons. The Balaban J connectivity index is 1.48. The molecular formula is C24H26N2OS2. The second kappa shape index (κ2) is 6.51. The zero-order valence-electron chi connectivity index (χ0n) is 17.6. The number of aromatic nitrogens is 2. The fraction of sp³-hybridized carbons (Fsp3) is 0.417. The number of thiophene rings is 1. The third kappa shape index (κ3) is 2.82. The summed E-state index contributed by atoms with van der Waals surface area (Å²) in [6.45, 7) is 15.5. The van der Waals surface area contributed by atoms with Gasteiger partial charge in [-0.25, -0.2) is 0 Å². The van der Waals surface area contributed by atoms with E-state index in [1.54, 1.807) is 28.5 Å². The summed E-state index contributed by atoms with van der Waals surface area (Å²) in [5, 5.41) is 11.2. The molecule has 2 atom stereocenters. The number of aryl methyl sites for hydroxylation is 3. The lowest BCUT2D eigenvalue weighted by atomic mass is 9.95. The van der Waals surface area contributed by atoms with Gasteiger partial charge in [0.1, 0.15) is 17.4 Å². The van der Waals surface area contributed by atoms with Crippen LogP contribution in [0.3, 0.4) is 0 Å². The van der Waals surface area contributed by atoms with E-state index in [4.69, 9.17) is 4.74 Å². The van der Waals surface area contributed by atoms with Crippen molar-refractivity contribution >= 4 is 22.7 Å². The van der Waals surface area contributed by atoms with E-state index in [9.17, 15) is 0 Å². The molecule has 150 valence electrons. The number of benzene rings is 1. The highest BCUT2D eigenvalue weighted by molar-refractivity contribution is 7.23. The van der Waals surface area contributed by atoms with E-state index in [2.05, 4.69) is 63.5 Å². The first kappa shape index (κ1) is 19.0. The summed E-state index contributed by atoms with van der Waals surface area (Å²) in [5.74, 6) is 2.51. The molecule has 1 aromatic carbocycles. The van der Waals surface area contributed by atoms with Gasteiger partial charge < -0.3 is 4.74 Å². The lowest BCUT2D eigenvalue weighted by Gasteiger charge is -2.12. The molecule has 0 bridgehead atoms. The summed E-state index contributed by atoms with van der Waals surface area (Å²) in [6, 6.07) is 4.30. The first-order chi connectivity index (χ1) is 13.8. The lowest BCUT2D eigenvalue weighted by molar-refractivity contribution is 0.358. The maximum absolute atomic E-state index is 5.82. The molecule has 0 amide bonds. The molecule has 0 spiro atoms. The van der Waals surface area contributed by atoms with Crippen LogP contribution in [0, 0.1) is 32.1 Å². The molecule has 5 rings (SSSR count). The first-order valence-electron chi connectivity index (χ1n) is 10.1. The third-order valence-corrected chi connectivity index (χ3v) is 8.98. The molecule has 2 heterocycles. The number of fused-ring (bicyclic) bond motifs is 3. The SMILES string of the molecule is C=CCOc1c(C)cc(-c2nnc(-c3sc(C)c4c3C[C@@H]3[C@H]4C3(C)C)s2)cc1C. The van der Waals surface area contributed by atoms with Crippen molar-refractivity contribution < 1.29 is 4.74 Å². The van der Waals surface area contributed by atoms with Gasteiger partial charge in [0.2, 0.25) is 0 Å². The Kier molecular flexibility index (Phi) is 4.27. The van der Waals surface area contributed by atoms with Crippen LogP contribution in [0.5, 0.6) is 5.75 Å². The Labute approximate surface area is 180 Å². The zero-order valence-corrected chi connectivity index (χ0v) is 19.3. The predicted molar refractivity (Wildman–Crippen MR) is 122 cm³/mol. The normalized spacial score (nSPS) is 21.0. The number of hydrogen-bond donors (Lipinski definition) is 0. The fourth-order valence-electron chi connectivity index (χ4n) is 5.18. The maximum Gasteiger partial charge on any atom is 0.158 e. The van der Waals surface area contributed by atoms with Crippen molar-refractivity contribution in [1.82, 2.24) is 10.2 Å². The minimum absolute atomic E-state index is 0.479. The van der Waals surface area contributed by atoms with E-state index in [0.717, 1.165) is 44.3 Å². The Morgan fingerprint density at radius 1 is 1.14 bits per heavy atom. The van der Waals surface area contributed by atoms with Gasteiger partial charge in [-0.1, -0.05) is 37.8 Å². The van der Waals surface area contributed by atoms with Crippen molar-refractivity contribution in [2.24, 2.45) is 11.3 Å². The number of ether oxygens (including phenoxy) is 1. The molecule has 2 aromatic heterocycles. The van der Waals surface area contributed by atoms with Crippen molar-refractivity contribution in [3.05, 3.63) is 51.9 Å². The Morgan fingerprint density at radius 2 is 1.83 bits per heavy atom. The zero-order chi connectivity index (χ0) is 20.5. The molecule has 5 heteroatoms. The molecule has 3 nitrogen and oxygen atoms in total. The van der Waals surface area contributed by atoms with E-state index in [1.807, 2.05) is 11.3 Å². The quantitative estimate of drug-likeness (QED) is 0.428. The summed E-state index contributed by atoms with van der Waals surface area (Å²) in [7, 11) is 0. The van der Waals surface area contributed by atoms with Crippen LogP contribution in [0.25, 0.3) is 20.5 Å². The Morgan fingerprint density at radius 3 is 2.52 bits per heavy atom. The highest BCUT2D eigenvalue weighted by Gasteiger charge is 2.63. The Bertz CT molecular complexity index is 1110. The van der Waals surface area contributed by atoms with Gasteiger partial charge in [0.25, 0.3) is 0 Å². The van der Waals surface area contributed by atoms with Gasteiger partial charge in [0, 0.05) is 10.4 Å². The average Bonchev–Trinajstić information content (AvgIpc) is 3.15. The second-order valence-corrected chi connectivity index (χ2v) is 11.1. The molecule has 0 N–H and O–H groups in total. The van der Waals surface area contributed by atoms with E-state index < -0.39 is 0 Å². The van der Waals surface area contributed by atoms with Crippen LogP contribution >= 0.6 is 22.7 Å². The van der Waals surface area contributed by atoms with Crippen molar-refractivity contribution in [1.29, 1.82) is 0 Å². The van der Waals surface area contributed by atoms with Crippen LogP contribution in [0.2, 0.25) is 0 Å². The summed E-state index contributed by atoms with van der Waals surface area (Å²) in [5.41, 5.74) is 7.00. The van der Waals surface area contributed by atoms with Crippen LogP contribution in [0.4, 0.5) is 0 Å². The van der Waals surface area contributed by atoms with Crippen LogP contribution in [-0.2, 0) is 6.42 Å². The van der Waals surface area contributed by atoms with Gasteiger partial charge in [-0.15, -0.1) is 21.5 Å². The van der Waals surface area contributed by atoms with Gasteiger partial charge in [0.05, 0.1) is 4.88 Å². The fourth-order valence-corrected chi connectivity index (χ4v) is 7.34. The summed E-state index contributed by atoms with van der Waals surface area (Å²) in [6.07, 6.45) is 2.98. The molecular weight excluding hydrogens is 396 g/mol.